The predicted octanol–water partition coefficient (Wildman–Crippen LogP) is 1.23. The second-order valence-electron chi connectivity index (χ2n) is 6.92. The highest BCUT2D eigenvalue weighted by Gasteiger charge is 2.47. The topological polar surface area (TPSA) is 70.7 Å². The predicted molar refractivity (Wildman–Crippen MR) is 95.0 cm³/mol. The van der Waals surface area contributed by atoms with Crippen LogP contribution in [0.2, 0.25) is 0 Å². The lowest BCUT2D eigenvalue weighted by Gasteiger charge is -2.34. The van der Waals surface area contributed by atoms with Gasteiger partial charge in [-0.3, -0.25) is 9.59 Å². The lowest BCUT2D eigenvalue weighted by atomic mass is 9.99. The van der Waals surface area contributed by atoms with Crippen LogP contribution in [0.25, 0.3) is 0 Å². The van der Waals surface area contributed by atoms with Crippen LogP contribution >= 0.6 is 0 Å². The van der Waals surface area contributed by atoms with Gasteiger partial charge in [-0.1, -0.05) is 44.2 Å². The quantitative estimate of drug-likeness (QED) is 0.780. The number of rotatable bonds is 7. The zero-order valence-electron chi connectivity index (χ0n) is 15.0. The van der Waals surface area contributed by atoms with E-state index in [9.17, 15) is 9.59 Å². The first-order valence-corrected chi connectivity index (χ1v) is 9.07. The van der Waals surface area contributed by atoms with Crippen molar-refractivity contribution in [2.75, 3.05) is 26.2 Å². The SMILES string of the molecule is CCN(CC)CC1(NC(=O)[C@H]2OCC(=O)N[C@@H]2c2ccccc2)CC1. The Kier molecular flexibility index (Phi) is 5.39. The summed E-state index contributed by atoms with van der Waals surface area (Å²) in [6, 6.07) is 9.06. The Morgan fingerprint density at radius 1 is 1.28 bits per heavy atom. The average molecular weight is 345 g/mol. The van der Waals surface area contributed by atoms with Crippen molar-refractivity contribution in [3.05, 3.63) is 35.9 Å². The molecule has 0 radical (unpaired) electrons. The van der Waals surface area contributed by atoms with E-state index < -0.39 is 12.1 Å². The highest BCUT2D eigenvalue weighted by atomic mass is 16.5. The minimum atomic E-state index is -0.700. The zero-order valence-corrected chi connectivity index (χ0v) is 15.0. The molecular formula is C19H27N3O3. The van der Waals surface area contributed by atoms with Crippen LogP contribution in [0.5, 0.6) is 0 Å². The van der Waals surface area contributed by atoms with Gasteiger partial charge in [0.25, 0.3) is 5.91 Å². The number of carbonyl (C=O) groups is 2. The number of likely N-dealkylation sites (N-methyl/N-ethyl adjacent to an activating group) is 1. The van der Waals surface area contributed by atoms with Crippen LogP contribution in [0.1, 0.15) is 38.3 Å². The van der Waals surface area contributed by atoms with Crippen molar-refractivity contribution in [1.82, 2.24) is 15.5 Å². The van der Waals surface area contributed by atoms with Gasteiger partial charge in [0.05, 0.1) is 11.6 Å². The summed E-state index contributed by atoms with van der Waals surface area (Å²) in [5.41, 5.74) is 0.735. The maximum Gasteiger partial charge on any atom is 0.252 e. The summed E-state index contributed by atoms with van der Waals surface area (Å²) >= 11 is 0. The van der Waals surface area contributed by atoms with Gasteiger partial charge in [0.15, 0.2) is 6.10 Å². The fourth-order valence-electron chi connectivity index (χ4n) is 3.38. The molecule has 2 N–H and O–H groups in total. The Hall–Kier alpha value is -1.92. The van der Waals surface area contributed by atoms with Crippen molar-refractivity contribution in [3.8, 4) is 0 Å². The second kappa shape index (κ2) is 7.54. The minimum Gasteiger partial charge on any atom is -0.356 e. The molecule has 136 valence electrons. The molecule has 25 heavy (non-hydrogen) atoms. The van der Waals surface area contributed by atoms with Crippen LogP contribution in [0.4, 0.5) is 0 Å². The third kappa shape index (κ3) is 4.19. The van der Waals surface area contributed by atoms with E-state index in [1.165, 1.54) is 0 Å². The van der Waals surface area contributed by atoms with Gasteiger partial charge in [0.2, 0.25) is 5.91 Å². The van der Waals surface area contributed by atoms with E-state index in [-0.39, 0.29) is 24.0 Å². The van der Waals surface area contributed by atoms with Crippen molar-refractivity contribution in [3.63, 3.8) is 0 Å². The largest absolute Gasteiger partial charge is 0.356 e. The van der Waals surface area contributed by atoms with Gasteiger partial charge in [0.1, 0.15) is 6.61 Å². The maximum atomic E-state index is 12.9. The molecule has 1 saturated carbocycles. The zero-order chi connectivity index (χ0) is 17.9. The van der Waals surface area contributed by atoms with Gasteiger partial charge in [-0.25, -0.2) is 0 Å². The standard InChI is InChI=1S/C19H27N3O3/c1-3-22(4-2)13-19(10-11-19)21-18(24)17-16(20-15(23)12-25-17)14-8-6-5-7-9-14/h5-9,16-17H,3-4,10-13H2,1-2H3,(H,20,23)(H,21,24)/t16-,17+/m1/s1. The molecule has 0 bridgehead atoms. The van der Waals surface area contributed by atoms with Crippen LogP contribution < -0.4 is 10.6 Å². The molecule has 2 atom stereocenters. The summed E-state index contributed by atoms with van der Waals surface area (Å²) in [6.45, 7) is 6.98. The molecule has 0 aromatic heterocycles. The van der Waals surface area contributed by atoms with E-state index in [1.54, 1.807) is 0 Å². The van der Waals surface area contributed by atoms with Crippen molar-refractivity contribution in [1.29, 1.82) is 0 Å². The molecule has 1 heterocycles. The molecule has 2 aliphatic rings. The summed E-state index contributed by atoms with van der Waals surface area (Å²) in [4.78, 5) is 27.0. The number of ether oxygens (including phenoxy) is 1. The van der Waals surface area contributed by atoms with Gasteiger partial charge in [0, 0.05) is 6.54 Å². The summed E-state index contributed by atoms with van der Waals surface area (Å²) in [5, 5.41) is 6.09. The van der Waals surface area contributed by atoms with E-state index in [4.69, 9.17) is 4.74 Å². The van der Waals surface area contributed by atoms with E-state index in [1.807, 2.05) is 30.3 Å². The number of nitrogens with zero attached hydrogens (tertiary/aromatic N) is 1. The Morgan fingerprint density at radius 2 is 1.96 bits per heavy atom. The molecule has 2 amide bonds. The molecule has 1 aliphatic carbocycles. The van der Waals surface area contributed by atoms with E-state index in [0.29, 0.717) is 0 Å². The van der Waals surface area contributed by atoms with Crippen LogP contribution in [-0.4, -0.2) is 54.6 Å². The number of morpholine rings is 1. The van der Waals surface area contributed by atoms with Gasteiger partial charge in [-0.2, -0.15) is 0 Å². The molecule has 6 nitrogen and oxygen atoms in total. The molecule has 1 saturated heterocycles. The van der Waals surface area contributed by atoms with Gasteiger partial charge < -0.3 is 20.3 Å². The highest BCUT2D eigenvalue weighted by Crippen LogP contribution is 2.37. The van der Waals surface area contributed by atoms with E-state index in [0.717, 1.165) is 38.0 Å². The first kappa shape index (κ1) is 17.9. The van der Waals surface area contributed by atoms with Crippen LogP contribution in [0, 0.1) is 0 Å². The monoisotopic (exact) mass is 345 g/mol. The Morgan fingerprint density at radius 3 is 2.56 bits per heavy atom. The van der Waals surface area contributed by atoms with Gasteiger partial charge in [-0.05, 0) is 31.5 Å². The lowest BCUT2D eigenvalue weighted by Crippen LogP contribution is -2.56. The number of amides is 2. The molecule has 0 spiro atoms. The Balaban J connectivity index is 1.70. The smallest absolute Gasteiger partial charge is 0.252 e. The normalized spacial score (nSPS) is 24.7. The van der Waals surface area contributed by atoms with Crippen LogP contribution in [0.3, 0.4) is 0 Å². The van der Waals surface area contributed by atoms with Gasteiger partial charge in [-0.15, -0.1) is 0 Å². The van der Waals surface area contributed by atoms with Crippen molar-refractivity contribution >= 4 is 11.8 Å². The Labute approximate surface area is 148 Å². The third-order valence-corrected chi connectivity index (χ3v) is 5.09. The number of benzene rings is 1. The minimum absolute atomic E-state index is 0.0789. The molecule has 6 heteroatoms. The molecule has 1 aromatic rings. The second-order valence-corrected chi connectivity index (χ2v) is 6.92. The molecular weight excluding hydrogens is 318 g/mol. The van der Waals surface area contributed by atoms with E-state index >= 15 is 0 Å². The molecule has 1 aliphatic heterocycles. The summed E-state index contributed by atoms with van der Waals surface area (Å²) < 4.78 is 5.61. The molecule has 0 unspecified atom stereocenters. The first-order valence-electron chi connectivity index (χ1n) is 9.07. The number of carbonyl (C=O) groups excluding carboxylic acids is 2. The van der Waals surface area contributed by atoms with Crippen LogP contribution in [-0.2, 0) is 14.3 Å². The summed E-state index contributed by atoms with van der Waals surface area (Å²) in [7, 11) is 0. The fraction of sp³-hybridized carbons (Fsp3) is 0.579. The number of hydrogen-bond donors (Lipinski definition) is 2. The Bertz CT molecular complexity index is 612. The molecule has 1 aromatic carbocycles. The first-order chi connectivity index (χ1) is 12.1. The van der Waals surface area contributed by atoms with E-state index in [2.05, 4.69) is 29.4 Å². The van der Waals surface area contributed by atoms with Crippen molar-refractivity contribution < 1.29 is 14.3 Å². The summed E-state index contributed by atoms with van der Waals surface area (Å²) in [6.07, 6.45) is 1.28. The highest BCUT2D eigenvalue weighted by molar-refractivity contribution is 5.87. The third-order valence-electron chi connectivity index (χ3n) is 5.09. The van der Waals surface area contributed by atoms with Crippen molar-refractivity contribution in [2.45, 2.75) is 44.4 Å². The van der Waals surface area contributed by atoms with Crippen LogP contribution in [0.15, 0.2) is 30.3 Å². The summed E-state index contributed by atoms with van der Waals surface area (Å²) in [5.74, 6) is -0.333. The average Bonchev–Trinajstić information content (AvgIpc) is 3.39. The number of nitrogens with one attached hydrogen (secondary N) is 2. The molecule has 3 rings (SSSR count). The lowest BCUT2D eigenvalue weighted by molar-refractivity contribution is -0.148. The number of hydrogen-bond acceptors (Lipinski definition) is 4. The maximum absolute atomic E-state index is 12.9. The van der Waals surface area contributed by atoms with Gasteiger partial charge >= 0.3 is 0 Å². The molecule has 2 fully saturated rings. The fourth-order valence-corrected chi connectivity index (χ4v) is 3.38. The van der Waals surface area contributed by atoms with Crippen molar-refractivity contribution in [2.24, 2.45) is 0 Å².